The largest absolute Gasteiger partial charge is 0.508 e. The Labute approximate surface area is 142 Å². The molecule has 0 aromatic heterocycles. The van der Waals surface area contributed by atoms with Crippen LogP contribution in [-0.2, 0) is 4.74 Å². The molecule has 1 N–H and O–H groups in total. The van der Waals surface area contributed by atoms with Crippen molar-refractivity contribution in [3.05, 3.63) is 65.7 Å². The summed E-state index contributed by atoms with van der Waals surface area (Å²) < 4.78 is 10.7. The number of phenols is 1. The van der Waals surface area contributed by atoms with E-state index in [-0.39, 0.29) is 6.04 Å². The Morgan fingerprint density at radius 1 is 1.08 bits per heavy atom. The Morgan fingerprint density at radius 2 is 1.79 bits per heavy atom. The molecule has 0 radical (unpaired) electrons. The van der Waals surface area contributed by atoms with Crippen molar-refractivity contribution in [2.45, 2.75) is 6.04 Å². The van der Waals surface area contributed by atoms with Gasteiger partial charge in [-0.1, -0.05) is 42.5 Å². The minimum Gasteiger partial charge on any atom is -0.508 e. The Kier molecular flexibility index (Phi) is 5.51. The van der Waals surface area contributed by atoms with Crippen molar-refractivity contribution < 1.29 is 14.6 Å². The monoisotopic (exact) mass is 325 g/mol. The zero-order valence-corrected chi connectivity index (χ0v) is 13.9. The SMILES string of the molecule is COc1ccc(/C=C/C(c2ccccc2O)N2CCOCC2)cc1. The number of rotatable bonds is 5. The smallest absolute Gasteiger partial charge is 0.120 e. The number of benzene rings is 2. The fourth-order valence-electron chi connectivity index (χ4n) is 2.93. The zero-order chi connectivity index (χ0) is 16.8. The second-order valence-corrected chi connectivity index (χ2v) is 5.78. The number of aromatic hydroxyl groups is 1. The summed E-state index contributed by atoms with van der Waals surface area (Å²) in [5, 5.41) is 10.3. The van der Waals surface area contributed by atoms with Gasteiger partial charge in [-0.05, 0) is 23.8 Å². The maximum Gasteiger partial charge on any atom is 0.120 e. The van der Waals surface area contributed by atoms with Crippen LogP contribution in [0.15, 0.2) is 54.6 Å². The topological polar surface area (TPSA) is 41.9 Å². The first-order valence-electron chi connectivity index (χ1n) is 8.20. The highest BCUT2D eigenvalue weighted by molar-refractivity contribution is 5.53. The second kappa shape index (κ2) is 7.99. The normalized spacial score (nSPS) is 17.0. The molecule has 4 heteroatoms. The lowest BCUT2D eigenvalue weighted by Crippen LogP contribution is -2.38. The molecule has 1 aliphatic heterocycles. The van der Waals surface area contributed by atoms with Crippen molar-refractivity contribution in [3.63, 3.8) is 0 Å². The first kappa shape index (κ1) is 16.6. The van der Waals surface area contributed by atoms with Gasteiger partial charge < -0.3 is 14.6 Å². The van der Waals surface area contributed by atoms with Gasteiger partial charge in [-0.15, -0.1) is 0 Å². The van der Waals surface area contributed by atoms with Crippen LogP contribution in [0.4, 0.5) is 0 Å². The van der Waals surface area contributed by atoms with Crippen molar-refractivity contribution in [1.29, 1.82) is 0 Å². The van der Waals surface area contributed by atoms with Crippen LogP contribution < -0.4 is 4.74 Å². The lowest BCUT2D eigenvalue weighted by atomic mass is 10.0. The molecular weight excluding hydrogens is 302 g/mol. The van der Waals surface area contributed by atoms with Gasteiger partial charge >= 0.3 is 0 Å². The maximum atomic E-state index is 10.3. The minimum atomic E-state index is 0.0252. The molecule has 0 bridgehead atoms. The third kappa shape index (κ3) is 3.96. The van der Waals surface area contributed by atoms with Crippen molar-refractivity contribution in [2.24, 2.45) is 0 Å². The summed E-state index contributed by atoms with van der Waals surface area (Å²) >= 11 is 0. The van der Waals surface area contributed by atoms with Crippen molar-refractivity contribution in [1.82, 2.24) is 4.90 Å². The predicted octanol–water partition coefficient (Wildman–Crippen LogP) is 3.49. The Bertz CT molecular complexity index is 676. The summed E-state index contributed by atoms with van der Waals surface area (Å²) in [6.45, 7) is 3.15. The molecular formula is C20H23NO3. The molecule has 4 nitrogen and oxygen atoms in total. The van der Waals surface area contributed by atoms with Gasteiger partial charge in [0, 0.05) is 18.7 Å². The van der Waals surface area contributed by atoms with Crippen LogP contribution in [0.3, 0.4) is 0 Å². The van der Waals surface area contributed by atoms with Gasteiger partial charge in [0.25, 0.3) is 0 Å². The highest BCUT2D eigenvalue weighted by Crippen LogP contribution is 2.30. The van der Waals surface area contributed by atoms with Gasteiger partial charge in [-0.3, -0.25) is 4.90 Å². The van der Waals surface area contributed by atoms with Crippen LogP contribution in [0.25, 0.3) is 6.08 Å². The number of phenolic OH excluding ortho intramolecular Hbond substituents is 1. The first-order valence-corrected chi connectivity index (χ1v) is 8.20. The molecule has 2 aromatic carbocycles. The fourth-order valence-corrected chi connectivity index (χ4v) is 2.93. The van der Waals surface area contributed by atoms with E-state index >= 15 is 0 Å². The molecule has 1 saturated heterocycles. The number of nitrogens with zero attached hydrogens (tertiary/aromatic N) is 1. The average Bonchev–Trinajstić information content (AvgIpc) is 2.65. The van der Waals surface area contributed by atoms with E-state index in [4.69, 9.17) is 9.47 Å². The molecule has 2 aromatic rings. The van der Waals surface area contributed by atoms with Crippen molar-refractivity contribution in [2.75, 3.05) is 33.4 Å². The number of methoxy groups -OCH3 is 1. The van der Waals surface area contributed by atoms with Crippen LogP contribution in [0.1, 0.15) is 17.2 Å². The number of para-hydroxylation sites is 1. The fraction of sp³-hybridized carbons (Fsp3) is 0.300. The Morgan fingerprint density at radius 3 is 2.46 bits per heavy atom. The van der Waals surface area contributed by atoms with E-state index in [1.807, 2.05) is 42.5 Å². The third-order valence-corrected chi connectivity index (χ3v) is 4.28. The summed E-state index contributed by atoms with van der Waals surface area (Å²) in [6, 6.07) is 15.5. The molecule has 126 valence electrons. The van der Waals surface area contributed by atoms with Gasteiger partial charge in [0.1, 0.15) is 11.5 Å². The molecule has 1 unspecified atom stereocenters. The van der Waals surface area contributed by atoms with Crippen molar-refractivity contribution in [3.8, 4) is 11.5 Å². The van der Waals surface area contributed by atoms with E-state index in [0.29, 0.717) is 5.75 Å². The van der Waals surface area contributed by atoms with Crippen LogP contribution >= 0.6 is 0 Å². The summed E-state index contributed by atoms with van der Waals surface area (Å²) in [7, 11) is 1.66. The maximum absolute atomic E-state index is 10.3. The summed E-state index contributed by atoms with van der Waals surface area (Å²) in [4.78, 5) is 2.33. The quantitative estimate of drug-likeness (QED) is 0.914. The zero-order valence-electron chi connectivity index (χ0n) is 13.9. The second-order valence-electron chi connectivity index (χ2n) is 5.78. The number of ether oxygens (including phenoxy) is 2. The molecule has 1 aliphatic rings. The lowest BCUT2D eigenvalue weighted by molar-refractivity contribution is 0.0250. The minimum absolute atomic E-state index is 0.0252. The van der Waals surface area contributed by atoms with E-state index in [2.05, 4.69) is 17.1 Å². The molecule has 3 rings (SSSR count). The van der Waals surface area contributed by atoms with Gasteiger partial charge in [0.05, 0.1) is 26.4 Å². The number of morpholine rings is 1. The molecule has 1 heterocycles. The molecule has 1 atom stereocenters. The van der Waals surface area contributed by atoms with E-state index < -0.39 is 0 Å². The molecule has 0 spiro atoms. The molecule has 0 saturated carbocycles. The molecule has 0 aliphatic carbocycles. The Balaban J connectivity index is 1.86. The van der Waals surface area contributed by atoms with Gasteiger partial charge in [-0.25, -0.2) is 0 Å². The number of hydrogen-bond acceptors (Lipinski definition) is 4. The number of hydrogen-bond donors (Lipinski definition) is 1. The van der Waals surface area contributed by atoms with Crippen molar-refractivity contribution >= 4 is 6.08 Å². The lowest BCUT2D eigenvalue weighted by Gasteiger charge is -2.33. The van der Waals surface area contributed by atoms with Crippen LogP contribution in [0.2, 0.25) is 0 Å². The summed E-state index contributed by atoms with van der Waals surface area (Å²) in [5.74, 6) is 1.17. The summed E-state index contributed by atoms with van der Waals surface area (Å²) in [5.41, 5.74) is 2.02. The Hall–Kier alpha value is -2.30. The average molecular weight is 325 g/mol. The highest BCUT2D eigenvalue weighted by Gasteiger charge is 2.22. The van der Waals surface area contributed by atoms with E-state index in [9.17, 15) is 5.11 Å². The van der Waals surface area contributed by atoms with Gasteiger partial charge in [0.2, 0.25) is 0 Å². The van der Waals surface area contributed by atoms with Gasteiger partial charge in [0.15, 0.2) is 0 Å². The predicted molar refractivity (Wildman–Crippen MR) is 95.3 cm³/mol. The van der Waals surface area contributed by atoms with Crippen LogP contribution in [0.5, 0.6) is 11.5 Å². The standard InChI is InChI=1S/C20H23NO3/c1-23-17-9-6-16(7-10-17)8-11-19(21-12-14-24-15-13-21)18-4-2-3-5-20(18)22/h2-11,19,22H,12-15H2,1H3/b11-8+. The third-order valence-electron chi connectivity index (χ3n) is 4.28. The molecule has 24 heavy (non-hydrogen) atoms. The molecule has 0 amide bonds. The highest BCUT2D eigenvalue weighted by atomic mass is 16.5. The van der Waals surface area contributed by atoms with Crippen LogP contribution in [-0.4, -0.2) is 43.4 Å². The van der Waals surface area contributed by atoms with E-state index in [1.165, 1.54) is 0 Å². The van der Waals surface area contributed by atoms with E-state index in [1.54, 1.807) is 13.2 Å². The van der Waals surface area contributed by atoms with Gasteiger partial charge in [-0.2, -0.15) is 0 Å². The molecule has 1 fully saturated rings. The summed E-state index contributed by atoms with van der Waals surface area (Å²) in [6.07, 6.45) is 4.23. The van der Waals surface area contributed by atoms with E-state index in [0.717, 1.165) is 43.2 Å². The van der Waals surface area contributed by atoms with Crippen LogP contribution in [0, 0.1) is 0 Å². The first-order chi connectivity index (χ1) is 11.8.